The van der Waals surface area contributed by atoms with Crippen LogP contribution in [0.3, 0.4) is 0 Å². The summed E-state index contributed by atoms with van der Waals surface area (Å²) in [6.07, 6.45) is 0. The molecule has 1 unspecified atom stereocenters. The highest BCUT2D eigenvalue weighted by molar-refractivity contribution is 5.95. The Balaban J connectivity index is 1.54. The summed E-state index contributed by atoms with van der Waals surface area (Å²) in [5.41, 5.74) is 1.32. The van der Waals surface area contributed by atoms with E-state index >= 15 is 0 Å². The van der Waals surface area contributed by atoms with Gasteiger partial charge >= 0.3 is 0 Å². The summed E-state index contributed by atoms with van der Waals surface area (Å²) in [6, 6.07) is 8.49. The molecule has 27 heavy (non-hydrogen) atoms. The topological polar surface area (TPSA) is 87.9 Å². The van der Waals surface area contributed by atoms with E-state index in [0.29, 0.717) is 49.1 Å². The van der Waals surface area contributed by atoms with E-state index in [4.69, 9.17) is 9.26 Å². The Labute approximate surface area is 158 Å². The lowest BCUT2D eigenvalue weighted by molar-refractivity contribution is -0.121. The molecule has 1 aromatic carbocycles. The minimum atomic E-state index is -0.329. The Morgan fingerprint density at radius 2 is 1.96 bits per heavy atom. The minimum Gasteiger partial charge on any atom is -0.497 e. The van der Waals surface area contributed by atoms with Crippen LogP contribution >= 0.6 is 0 Å². The van der Waals surface area contributed by atoms with Crippen LogP contribution < -0.4 is 10.1 Å². The van der Waals surface area contributed by atoms with Crippen molar-refractivity contribution in [1.82, 2.24) is 15.0 Å². The molecule has 2 aromatic rings. The maximum Gasteiger partial charge on any atom is 0.254 e. The van der Waals surface area contributed by atoms with Gasteiger partial charge in [0.25, 0.3) is 5.91 Å². The van der Waals surface area contributed by atoms with Crippen LogP contribution in [0.2, 0.25) is 0 Å². The zero-order valence-electron chi connectivity index (χ0n) is 15.8. The molecule has 1 aromatic heterocycles. The van der Waals surface area contributed by atoms with Crippen molar-refractivity contribution in [3.63, 3.8) is 0 Å². The number of amides is 2. The number of hydrogen-bond donors (Lipinski definition) is 1. The molecule has 2 amide bonds. The summed E-state index contributed by atoms with van der Waals surface area (Å²) in [6.45, 7) is 6.02. The standard InChI is InChI=1S/C19H24N4O4/c1-13-11-17(27-21-13)20-18(24)14(2)22-7-9-23(10-8-22)19(25)15-5-4-6-16(12-15)26-3/h4-6,11-12,14H,7-10H2,1-3H3,(H,20,24). The van der Waals surface area contributed by atoms with Crippen LogP contribution in [0.25, 0.3) is 0 Å². The van der Waals surface area contributed by atoms with Crippen LogP contribution in [0, 0.1) is 6.92 Å². The lowest BCUT2D eigenvalue weighted by atomic mass is 10.1. The molecule has 8 heteroatoms. The molecule has 144 valence electrons. The fraction of sp³-hybridized carbons (Fsp3) is 0.421. The van der Waals surface area contributed by atoms with E-state index in [9.17, 15) is 9.59 Å². The maximum atomic E-state index is 12.7. The van der Waals surface area contributed by atoms with Gasteiger partial charge in [0.15, 0.2) is 0 Å². The molecule has 1 N–H and O–H groups in total. The third kappa shape index (κ3) is 4.46. The number of aryl methyl sites for hydroxylation is 1. The molecular weight excluding hydrogens is 348 g/mol. The molecular formula is C19H24N4O4. The van der Waals surface area contributed by atoms with E-state index < -0.39 is 0 Å². The lowest BCUT2D eigenvalue weighted by Gasteiger charge is -2.37. The van der Waals surface area contributed by atoms with Crippen molar-refractivity contribution in [1.29, 1.82) is 0 Å². The van der Waals surface area contributed by atoms with Crippen molar-refractivity contribution in [3.8, 4) is 5.75 Å². The predicted octanol–water partition coefficient (Wildman–Crippen LogP) is 1.78. The number of nitrogens with one attached hydrogen (secondary N) is 1. The molecule has 1 saturated heterocycles. The third-order valence-electron chi connectivity index (χ3n) is 4.72. The van der Waals surface area contributed by atoms with E-state index in [1.165, 1.54) is 0 Å². The largest absolute Gasteiger partial charge is 0.497 e. The zero-order valence-corrected chi connectivity index (χ0v) is 15.8. The highest BCUT2D eigenvalue weighted by Gasteiger charge is 2.28. The second kappa shape index (κ2) is 8.22. The van der Waals surface area contributed by atoms with Gasteiger partial charge in [0.1, 0.15) is 5.75 Å². The molecule has 8 nitrogen and oxygen atoms in total. The van der Waals surface area contributed by atoms with Crippen molar-refractivity contribution in [2.45, 2.75) is 19.9 Å². The molecule has 3 rings (SSSR count). The van der Waals surface area contributed by atoms with Crippen LogP contribution in [0.5, 0.6) is 5.75 Å². The normalized spacial score (nSPS) is 16.0. The molecule has 0 saturated carbocycles. The van der Waals surface area contributed by atoms with Gasteiger partial charge in [0, 0.05) is 37.8 Å². The van der Waals surface area contributed by atoms with Crippen molar-refractivity contribution < 1.29 is 18.8 Å². The molecule has 1 fully saturated rings. The van der Waals surface area contributed by atoms with Crippen molar-refractivity contribution >= 4 is 17.7 Å². The Hall–Kier alpha value is -2.87. The third-order valence-corrected chi connectivity index (χ3v) is 4.72. The second-order valence-corrected chi connectivity index (χ2v) is 6.56. The van der Waals surface area contributed by atoms with Gasteiger partial charge in [-0.3, -0.25) is 19.8 Å². The van der Waals surface area contributed by atoms with Gasteiger partial charge in [-0.2, -0.15) is 0 Å². The first-order valence-corrected chi connectivity index (χ1v) is 8.89. The maximum absolute atomic E-state index is 12.7. The predicted molar refractivity (Wildman–Crippen MR) is 99.8 cm³/mol. The monoisotopic (exact) mass is 372 g/mol. The Morgan fingerprint density at radius 1 is 1.22 bits per heavy atom. The van der Waals surface area contributed by atoms with Crippen molar-refractivity contribution in [3.05, 3.63) is 41.6 Å². The first-order valence-electron chi connectivity index (χ1n) is 8.89. The van der Waals surface area contributed by atoms with Crippen LogP contribution in [0.1, 0.15) is 23.0 Å². The molecule has 0 aliphatic carbocycles. The zero-order chi connectivity index (χ0) is 19.4. The van der Waals surface area contributed by atoms with Crippen molar-refractivity contribution in [2.75, 3.05) is 38.6 Å². The van der Waals surface area contributed by atoms with E-state index in [0.717, 1.165) is 0 Å². The molecule has 0 spiro atoms. The number of methoxy groups -OCH3 is 1. The number of aromatic nitrogens is 1. The fourth-order valence-electron chi connectivity index (χ4n) is 3.07. The number of ether oxygens (including phenoxy) is 1. The van der Waals surface area contributed by atoms with Gasteiger partial charge in [-0.1, -0.05) is 11.2 Å². The van der Waals surface area contributed by atoms with Crippen LogP contribution in [0.4, 0.5) is 5.88 Å². The summed E-state index contributed by atoms with van der Waals surface area (Å²) in [4.78, 5) is 28.9. The van der Waals surface area contributed by atoms with Crippen LogP contribution in [-0.4, -0.2) is 66.1 Å². The number of carbonyl (C=O) groups is 2. The van der Waals surface area contributed by atoms with E-state index in [-0.39, 0.29) is 17.9 Å². The van der Waals surface area contributed by atoms with Gasteiger partial charge in [-0.25, -0.2) is 0 Å². The van der Waals surface area contributed by atoms with Crippen LogP contribution in [0.15, 0.2) is 34.9 Å². The number of anilines is 1. The fourth-order valence-corrected chi connectivity index (χ4v) is 3.07. The Bertz CT molecular complexity index is 812. The first-order chi connectivity index (χ1) is 13.0. The molecule has 1 atom stereocenters. The molecule has 2 heterocycles. The molecule has 0 radical (unpaired) electrons. The van der Waals surface area contributed by atoms with Gasteiger partial charge in [-0.15, -0.1) is 0 Å². The number of rotatable bonds is 5. The van der Waals surface area contributed by atoms with Gasteiger partial charge in [0.2, 0.25) is 11.8 Å². The summed E-state index contributed by atoms with van der Waals surface area (Å²) < 4.78 is 10.2. The van der Waals surface area contributed by atoms with Gasteiger partial charge in [-0.05, 0) is 32.0 Å². The summed E-state index contributed by atoms with van der Waals surface area (Å²) in [5, 5.41) is 6.48. The summed E-state index contributed by atoms with van der Waals surface area (Å²) in [7, 11) is 1.58. The second-order valence-electron chi connectivity index (χ2n) is 6.56. The van der Waals surface area contributed by atoms with Gasteiger partial charge < -0.3 is 14.2 Å². The summed E-state index contributed by atoms with van der Waals surface area (Å²) in [5.74, 6) is 0.824. The lowest BCUT2D eigenvalue weighted by Crippen LogP contribution is -2.54. The summed E-state index contributed by atoms with van der Waals surface area (Å²) >= 11 is 0. The van der Waals surface area contributed by atoms with Crippen molar-refractivity contribution in [2.24, 2.45) is 0 Å². The number of benzene rings is 1. The average molecular weight is 372 g/mol. The number of nitrogens with zero attached hydrogens (tertiary/aromatic N) is 3. The average Bonchev–Trinajstić information content (AvgIpc) is 3.11. The first kappa shape index (κ1) is 18.9. The SMILES string of the molecule is COc1cccc(C(=O)N2CCN(C(C)C(=O)Nc3cc(C)no3)CC2)c1. The van der Waals surface area contributed by atoms with Gasteiger partial charge in [0.05, 0.1) is 18.8 Å². The Morgan fingerprint density at radius 3 is 2.59 bits per heavy atom. The smallest absolute Gasteiger partial charge is 0.254 e. The molecule has 1 aliphatic heterocycles. The van der Waals surface area contributed by atoms with E-state index in [2.05, 4.69) is 10.5 Å². The highest BCUT2D eigenvalue weighted by Crippen LogP contribution is 2.17. The minimum absolute atomic E-state index is 0.0252. The quantitative estimate of drug-likeness (QED) is 0.861. The van der Waals surface area contributed by atoms with E-state index in [1.54, 1.807) is 43.2 Å². The molecule has 1 aliphatic rings. The number of hydrogen-bond acceptors (Lipinski definition) is 6. The number of piperazine rings is 1. The van der Waals surface area contributed by atoms with E-state index in [1.807, 2.05) is 17.9 Å². The Kier molecular flexibility index (Phi) is 5.75. The number of carbonyl (C=O) groups excluding carboxylic acids is 2. The highest BCUT2D eigenvalue weighted by atomic mass is 16.5. The van der Waals surface area contributed by atoms with Crippen LogP contribution in [-0.2, 0) is 4.79 Å². The molecule has 0 bridgehead atoms.